The Morgan fingerprint density at radius 3 is 2.71 bits per heavy atom. The predicted octanol–water partition coefficient (Wildman–Crippen LogP) is 6.89. The molecule has 3 aromatic rings. The SMILES string of the molecule is C[C@@H]1CCC[C@H](N2CCC(c3c(F)ccc(Cl)c3F)=CC2=O)c2ccnc(c2)-c2ccc(NC(=O)O)cc2NC1=O. The van der Waals surface area contributed by atoms with Gasteiger partial charge in [-0.3, -0.25) is 19.9 Å². The Kier molecular flexibility index (Phi) is 8.03. The molecule has 212 valence electrons. The molecule has 2 bridgehead atoms. The fourth-order valence-corrected chi connectivity index (χ4v) is 5.52. The number of pyridine rings is 1. The summed E-state index contributed by atoms with van der Waals surface area (Å²) in [6.07, 6.45) is 3.62. The van der Waals surface area contributed by atoms with Gasteiger partial charge in [0.15, 0.2) is 5.82 Å². The highest BCUT2D eigenvalue weighted by molar-refractivity contribution is 6.31. The molecule has 41 heavy (non-hydrogen) atoms. The molecule has 2 atom stereocenters. The predicted molar refractivity (Wildman–Crippen MR) is 151 cm³/mol. The van der Waals surface area contributed by atoms with E-state index in [-0.39, 0.29) is 52.9 Å². The second-order valence-electron chi connectivity index (χ2n) is 10.2. The third kappa shape index (κ3) is 5.92. The average Bonchev–Trinajstić information content (AvgIpc) is 2.93. The van der Waals surface area contributed by atoms with Gasteiger partial charge in [-0.25, -0.2) is 13.6 Å². The number of aromatic nitrogens is 1. The summed E-state index contributed by atoms with van der Waals surface area (Å²) in [5.74, 6) is -2.63. The molecular weight excluding hydrogens is 554 g/mol. The topological polar surface area (TPSA) is 112 Å². The highest BCUT2D eigenvalue weighted by Gasteiger charge is 2.31. The number of hydrogen-bond acceptors (Lipinski definition) is 4. The number of halogens is 3. The minimum Gasteiger partial charge on any atom is -0.465 e. The molecule has 0 fully saturated rings. The first-order chi connectivity index (χ1) is 19.6. The van der Waals surface area contributed by atoms with E-state index in [0.29, 0.717) is 41.9 Å². The van der Waals surface area contributed by atoms with Gasteiger partial charge in [0.2, 0.25) is 11.8 Å². The Morgan fingerprint density at radius 1 is 1.15 bits per heavy atom. The van der Waals surface area contributed by atoms with Crippen molar-refractivity contribution in [1.29, 1.82) is 0 Å². The molecule has 3 N–H and O–H groups in total. The molecule has 11 heteroatoms. The van der Waals surface area contributed by atoms with E-state index in [1.165, 1.54) is 6.08 Å². The summed E-state index contributed by atoms with van der Waals surface area (Å²) in [6, 6.07) is 10.3. The molecule has 0 aliphatic carbocycles. The lowest BCUT2D eigenvalue weighted by molar-refractivity contribution is -0.129. The molecule has 3 amide bonds. The highest BCUT2D eigenvalue weighted by atomic mass is 35.5. The summed E-state index contributed by atoms with van der Waals surface area (Å²) in [7, 11) is 0. The molecule has 2 aromatic carbocycles. The van der Waals surface area contributed by atoms with Crippen LogP contribution < -0.4 is 10.6 Å². The first kappa shape index (κ1) is 28.2. The van der Waals surface area contributed by atoms with Gasteiger partial charge >= 0.3 is 6.09 Å². The molecule has 2 aliphatic rings. The largest absolute Gasteiger partial charge is 0.465 e. The van der Waals surface area contributed by atoms with Gasteiger partial charge in [-0.05, 0) is 72.9 Å². The van der Waals surface area contributed by atoms with Gasteiger partial charge in [0.25, 0.3) is 0 Å². The van der Waals surface area contributed by atoms with Crippen LogP contribution in [-0.4, -0.2) is 39.4 Å². The van der Waals surface area contributed by atoms with Crippen LogP contribution in [0.5, 0.6) is 0 Å². The minimum absolute atomic E-state index is 0.217. The number of hydrogen-bond donors (Lipinski definition) is 3. The van der Waals surface area contributed by atoms with Crippen molar-refractivity contribution >= 4 is 46.5 Å². The third-order valence-electron chi connectivity index (χ3n) is 7.48. The van der Waals surface area contributed by atoms with E-state index in [9.17, 15) is 23.2 Å². The summed E-state index contributed by atoms with van der Waals surface area (Å²) < 4.78 is 29.2. The van der Waals surface area contributed by atoms with Gasteiger partial charge in [0.05, 0.1) is 28.0 Å². The molecule has 0 saturated heterocycles. The van der Waals surface area contributed by atoms with Crippen LogP contribution in [0.4, 0.5) is 25.0 Å². The van der Waals surface area contributed by atoms with E-state index in [1.807, 2.05) is 19.1 Å². The zero-order valence-corrected chi connectivity index (χ0v) is 22.8. The molecular formula is C30H27ClF2N4O4. The summed E-state index contributed by atoms with van der Waals surface area (Å²) in [6.45, 7) is 2.04. The molecule has 0 unspecified atom stereocenters. The monoisotopic (exact) mass is 580 g/mol. The van der Waals surface area contributed by atoms with Crippen molar-refractivity contribution in [2.45, 2.75) is 38.6 Å². The number of benzene rings is 2. The molecule has 8 nitrogen and oxygen atoms in total. The van der Waals surface area contributed by atoms with Crippen LogP contribution >= 0.6 is 11.6 Å². The van der Waals surface area contributed by atoms with Gasteiger partial charge < -0.3 is 15.3 Å². The first-order valence-corrected chi connectivity index (χ1v) is 13.6. The lowest BCUT2D eigenvalue weighted by Gasteiger charge is -2.35. The normalized spacial score (nSPS) is 19.3. The second-order valence-corrected chi connectivity index (χ2v) is 10.6. The van der Waals surface area contributed by atoms with Crippen LogP contribution in [0, 0.1) is 17.6 Å². The third-order valence-corrected chi connectivity index (χ3v) is 7.77. The van der Waals surface area contributed by atoms with Crippen LogP contribution in [0.25, 0.3) is 16.8 Å². The van der Waals surface area contributed by atoms with Gasteiger partial charge in [0.1, 0.15) is 5.82 Å². The van der Waals surface area contributed by atoms with E-state index in [1.54, 1.807) is 29.3 Å². The van der Waals surface area contributed by atoms with E-state index < -0.39 is 17.7 Å². The summed E-state index contributed by atoms with van der Waals surface area (Å²) >= 11 is 5.88. The van der Waals surface area contributed by atoms with E-state index in [4.69, 9.17) is 16.7 Å². The van der Waals surface area contributed by atoms with Crippen molar-refractivity contribution in [1.82, 2.24) is 9.88 Å². The van der Waals surface area contributed by atoms with Gasteiger partial charge in [-0.2, -0.15) is 0 Å². The molecule has 3 heterocycles. The maximum absolute atomic E-state index is 14.7. The van der Waals surface area contributed by atoms with Crippen molar-refractivity contribution < 1.29 is 28.3 Å². The van der Waals surface area contributed by atoms with Crippen molar-refractivity contribution in [3.8, 4) is 11.3 Å². The lowest BCUT2D eigenvalue weighted by atomic mass is 9.91. The average molecular weight is 581 g/mol. The molecule has 5 rings (SSSR count). The second kappa shape index (κ2) is 11.7. The summed E-state index contributed by atoms with van der Waals surface area (Å²) in [5.41, 5.74) is 2.59. The van der Waals surface area contributed by atoms with Crippen LogP contribution in [-0.2, 0) is 9.59 Å². The Hall–Kier alpha value is -4.31. The number of nitrogens with zero attached hydrogens (tertiary/aromatic N) is 2. The number of nitrogens with one attached hydrogen (secondary N) is 2. The maximum Gasteiger partial charge on any atom is 0.409 e. The van der Waals surface area contributed by atoms with Crippen LogP contribution in [0.3, 0.4) is 0 Å². The zero-order valence-electron chi connectivity index (χ0n) is 22.1. The highest BCUT2D eigenvalue weighted by Crippen LogP contribution is 2.38. The number of rotatable bonds is 3. The minimum atomic E-state index is -1.23. The fourth-order valence-electron chi connectivity index (χ4n) is 5.36. The standard InChI is InChI=1S/C30H27ClF2N4O4/c1-16-3-2-4-25(37-12-10-18(14-26(37)38)27-22(32)8-7-21(31)28(27)33)17-9-11-34-23(13-17)20-6-5-19(35-30(40)41)15-24(20)36-29(16)39/h5-9,11,13-16,25,35H,2-4,10,12H2,1H3,(H,36,39)(H,40,41)/t16-,25+/m1/s1. The number of carbonyl (C=O) groups is 3. The van der Waals surface area contributed by atoms with E-state index in [2.05, 4.69) is 15.6 Å². The quantitative estimate of drug-likeness (QED) is 0.292. The number of fused-ring (bicyclic) bond motifs is 4. The molecule has 0 spiro atoms. The van der Waals surface area contributed by atoms with Crippen LogP contribution in [0.2, 0.25) is 5.02 Å². The van der Waals surface area contributed by atoms with Gasteiger partial charge in [-0.1, -0.05) is 24.9 Å². The number of carbonyl (C=O) groups excluding carboxylic acids is 2. The molecule has 1 aromatic heterocycles. The lowest BCUT2D eigenvalue weighted by Crippen LogP contribution is -2.37. The van der Waals surface area contributed by atoms with Crippen molar-refractivity contribution in [3.63, 3.8) is 0 Å². The van der Waals surface area contributed by atoms with Crippen molar-refractivity contribution in [2.75, 3.05) is 17.2 Å². The number of amides is 3. The van der Waals surface area contributed by atoms with E-state index in [0.717, 1.165) is 17.7 Å². The van der Waals surface area contributed by atoms with Crippen LogP contribution in [0.15, 0.2) is 54.7 Å². The molecule has 0 radical (unpaired) electrons. The molecule has 2 aliphatic heterocycles. The molecule has 0 saturated carbocycles. The zero-order chi connectivity index (χ0) is 29.3. The Labute approximate surface area is 240 Å². The number of anilines is 2. The Bertz CT molecular complexity index is 1580. The summed E-state index contributed by atoms with van der Waals surface area (Å²) in [4.78, 5) is 43.8. The van der Waals surface area contributed by atoms with Crippen molar-refractivity contribution in [3.05, 3.63) is 82.5 Å². The number of carboxylic acid groups (broad SMARTS) is 1. The summed E-state index contributed by atoms with van der Waals surface area (Å²) in [5, 5.41) is 14.1. The van der Waals surface area contributed by atoms with Crippen molar-refractivity contribution in [2.24, 2.45) is 5.92 Å². The van der Waals surface area contributed by atoms with Gasteiger partial charge in [0, 0.05) is 36.0 Å². The van der Waals surface area contributed by atoms with E-state index >= 15 is 0 Å². The van der Waals surface area contributed by atoms with Crippen LogP contribution in [0.1, 0.15) is 49.8 Å². The Morgan fingerprint density at radius 2 is 1.95 bits per heavy atom. The fraction of sp³-hybridized carbons (Fsp3) is 0.267. The smallest absolute Gasteiger partial charge is 0.409 e. The Balaban J connectivity index is 1.53. The van der Waals surface area contributed by atoms with Gasteiger partial charge in [-0.15, -0.1) is 0 Å². The first-order valence-electron chi connectivity index (χ1n) is 13.2. The maximum atomic E-state index is 14.7.